The first-order valence-corrected chi connectivity index (χ1v) is 24.3. The van der Waals surface area contributed by atoms with Gasteiger partial charge in [-0.25, -0.2) is 9.59 Å². The number of imide groups is 1. The third-order valence-corrected chi connectivity index (χ3v) is 17.0. The number of likely N-dealkylation sites (N-methyl/N-ethyl adjacent to an activating group) is 1. The zero-order valence-corrected chi connectivity index (χ0v) is 41.6. The van der Waals surface area contributed by atoms with Gasteiger partial charge in [-0.2, -0.15) is 0 Å². The van der Waals surface area contributed by atoms with Crippen molar-refractivity contribution in [3.63, 3.8) is 0 Å². The van der Waals surface area contributed by atoms with Gasteiger partial charge in [0.15, 0.2) is 6.10 Å². The monoisotopic (exact) mass is 996 g/mol. The number of H-pyrrole nitrogens is 1. The molecule has 2 bridgehead atoms. The van der Waals surface area contributed by atoms with Crippen LogP contribution in [0.2, 0.25) is 0 Å². The average molecular weight is 998 g/mol. The van der Waals surface area contributed by atoms with Crippen molar-refractivity contribution >= 4 is 81.2 Å². The molecule has 68 heavy (non-hydrogen) atoms. The number of hydrogen-bond acceptors (Lipinski definition) is 13. The number of aromatic amines is 1. The highest BCUT2D eigenvalue weighted by Gasteiger charge is 2.80. The number of nitrogens with zero attached hydrogens (tertiary/aromatic N) is 3. The summed E-state index contributed by atoms with van der Waals surface area (Å²) in [6.07, 6.45) is 5.20. The van der Waals surface area contributed by atoms with Crippen LogP contribution < -0.4 is 20.3 Å². The lowest BCUT2D eigenvalue weighted by molar-refractivity contribution is -0.228. The largest absolute Gasteiger partial charge is 0.496 e. The number of nitrogens with one attached hydrogen (secondary N) is 3. The fourth-order valence-electron chi connectivity index (χ4n) is 14.2. The minimum Gasteiger partial charge on any atom is -0.496 e. The predicted molar refractivity (Wildman–Crippen MR) is 255 cm³/mol. The van der Waals surface area contributed by atoms with Crippen LogP contribution in [0.5, 0.6) is 5.75 Å². The van der Waals surface area contributed by atoms with Crippen LogP contribution in [-0.4, -0.2) is 144 Å². The van der Waals surface area contributed by atoms with Crippen LogP contribution in [0.15, 0.2) is 48.6 Å². The van der Waals surface area contributed by atoms with Crippen molar-refractivity contribution < 1.29 is 48.0 Å². The normalized spacial score (nSPS) is 33.7. The Labute approximate surface area is 410 Å². The number of amides is 3. The topological polar surface area (TPSA) is 192 Å². The highest BCUT2D eigenvalue weighted by atomic mass is 35.6. The van der Waals surface area contributed by atoms with Gasteiger partial charge in [-0.15, -0.1) is 0 Å². The third-order valence-electron chi connectivity index (χ3n) is 16.5. The van der Waals surface area contributed by atoms with Crippen molar-refractivity contribution in [2.24, 2.45) is 11.3 Å². The van der Waals surface area contributed by atoms with Gasteiger partial charge in [-0.05, 0) is 74.2 Å². The summed E-state index contributed by atoms with van der Waals surface area (Å²) >= 11 is 17.5. The molecular weight excluding hydrogens is 939 g/mol. The number of rotatable bonds is 8. The number of alkyl halides is 3. The molecule has 2 saturated heterocycles. The molecule has 1 saturated carbocycles. The van der Waals surface area contributed by atoms with Crippen molar-refractivity contribution in [3.8, 4) is 5.75 Å². The number of ether oxygens (including phenoxy) is 4. The molecule has 16 nitrogen and oxygen atoms in total. The lowest BCUT2D eigenvalue weighted by Crippen LogP contribution is -2.81. The molecule has 1 aliphatic carbocycles. The number of aliphatic hydroxyl groups is 1. The Morgan fingerprint density at radius 2 is 1.69 bits per heavy atom. The van der Waals surface area contributed by atoms with Crippen molar-refractivity contribution in [1.29, 1.82) is 0 Å². The molecule has 1 unspecified atom stereocenters. The van der Waals surface area contributed by atoms with Gasteiger partial charge in [0, 0.05) is 90.9 Å². The molecule has 5 aliphatic heterocycles. The summed E-state index contributed by atoms with van der Waals surface area (Å²) in [5, 5.41) is 19.6. The van der Waals surface area contributed by atoms with Crippen molar-refractivity contribution in [2.45, 2.75) is 103 Å². The number of para-hydroxylation sites is 1. The number of carbonyl (C=O) groups excluding carboxylic acids is 5. The second-order valence-electron chi connectivity index (χ2n) is 19.7. The molecule has 6 aliphatic rings. The van der Waals surface area contributed by atoms with Gasteiger partial charge in [0.05, 0.1) is 32.9 Å². The lowest BCUT2D eigenvalue weighted by atomic mass is 9.47. The van der Waals surface area contributed by atoms with E-state index in [1.54, 1.807) is 7.11 Å². The summed E-state index contributed by atoms with van der Waals surface area (Å²) in [5.41, 5.74) is -2.46. The van der Waals surface area contributed by atoms with Crippen molar-refractivity contribution in [3.05, 3.63) is 70.9 Å². The molecule has 1 spiro atoms. The molecule has 3 fully saturated rings. The molecule has 4 N–H and O–H groups in total. The predicted octanol–water partition coefficient (Wildman–Crippen LogP) is 5.19. The third kappa shape index (κ3) is 6.89. The first-order valence-electron chi connectivity index (χ1n) is 23.2. The van der Waals surface area contributed by atoms with E-state index < -0.39 is 73.2 Å². The van der Waals surface area contributed by atoms with E-state index in [1.165, 1.54) is 21.1 Å². The minimum absolute atomic E-state index is 0.188. The molecule has 3 aromatic rings. The van der Waals surface area contributed by atoms with Crippen LogP contribution in [0.25, 0.3) is 10.9 Å². The first-order chi connectivity index (χ1) is 32.2. The van der Waals surface area contributed by atoms with Crippen molar-refractivity contribution in [2.75, 3.05) is 66.0 Å². The number of carbonyl (C=O) groups is 5. The molecule has 3 amide bonds. The number of benzene rings is 2. The number of methoxy groups -OCH3 is 3. The number of halogens is 3. The van der Waals surface area contributed by atoms with Crippen LogP contribution in [0.4, 0.5) is 10.5 Å². The molecule has 1 aromatic heterocycles. The molecule has 19 heteroatoms. The number of urea groups is 1. The number of hydrogen-bond donors (Lipinski definition) is 4. The van der Waals surface area contributed by atoms with E-state index in [-0.39, 0.29) is 18.4 Å². The summed E-state index contributed by atoms with van der Waals surface area (Å²) in [7, 11) is 5.98. The van der Waals surface area contributed by atoms with Crippen LogP contribution in [0.3, 0.4) is 0 Å². The van der Waals surface area contributed by atoms with Gasteiger partial charge in [-0.1, -0.05) is 79.0 Å². The smallest absolute Gasteiger partial charge is 0.344 e. The molecule has 2 aromatic carbocycles. The van der Waals surface area contributed by atoms with Gasteiger partial charge in [0.25, 0.3) is 9.70 Å². The summed E-state index contributed by atoms with van der Waals surface area (Å²) in [5.74, 6) is -3.10. The fraction of sp³-hybridized carbons (Fsp3) is 0.571. The Morgan fingerprint density at radius 3 is 2.35 bits per heavy atom. The minimum atomic E-state index is -2.37. The number of esters is 3. The molecule has 366 valence electrons. The molecule has 9 rings (SSSR count). The van der Waals surface area contributed by atoms with E-state index >= 15 is 4.79 Å². The van der Waals surface area contributed by atoms with E-state index in [4.69, 9.17) is 53.8 Å². The number of fused-ring (bicyclic) bond motifs is 6. The Kier molecular flexibility index (Phi) is 12.2. The zero-order valence-electron chi connectivity index (χ0n) is 39.3. The van der Waals surface area contributed by atoms with Crippen LogP contribution in [-0.2, 0) is 50.6 Å². The second kappa shape index (κ2) is 17.1. The van der Waals surface area contributed by atoms with Gasteiger partial charge in [0.2, 0.25) is 5.60 Å². The van der Waals surface area contributed by atoms with Crippen LogP contribution in [0, 0.1) is 11.3 Å². The summed E-state index contributed by atoms with van der Waals surface area (Å²) < 4.78 is 21.7. The maximum absolute atomic E-state index is 15.6. The maximum Gasteiger partial charge on any atom is 0.344 e. The quantitative estimate of drug-likeness (QED) is 0.0999. The molecule has 6 heterocycles. The van der Waals surface area contributed by atoms with E-state index in [9.17, 15) is 24.3 Å². The second-order valence-corrected chi connectivity index (χ2v) is 21.9. The van der Waals surface area contributed by atoms with Crippen LogP contribution >= 0.6 is 34.8 Å². The first kappa shape index (κ1) is 48.4. The molecule has 0 radical (unpaired) electrons. The Balaban J connectivity index is 1.29. The van der Waals surface area contributed by atoms with E-state index in [2.05, 4.69) is 25.4 Å². The lowest BCUT2D eigenvalue weighted by Gasteiger charge is -2.63. The summed E-state index contributed by atoms with van der Waals surface area (Å²) in [4.78, 5) is 79.7. The SMILES string of the molecule is CC[C@]1(NC(=O)NC(=O)C(Cl)(Cl)Cl)C[C@@H]2CN(CCc3c([nH]c4ccccc34)[C@@](C(=O)OC)(c3cc4c(cc3OC)N(C)[C@H]3[C@@](O)(C(=O)OC)[C@H](OC(C)=O)[C@]5(CC)C=CCN6CC[C@]43[C@@H]65)C2)C1. The molecule has 10 atom stereocenters. The van der Waals surface area contributed by atoms with E-state index in [1.807, 2.05) is 74.3 Å². The fourth-order valence-corrected chi connectivity index (χ4v) is 14.3. The Hall–Kier alpha value is -4.58. The van der Waals surface area contributed by atoms with E-state index in [0.717, 1.165) is 22.0 Å². The maximum atomic E-state index is 15.6. The van der Waals surface area contributed by atoms with Crippen LogP contribution in [0.1, 0.15) is 75.3 Å². The zero-order chi connectivity index (χ0) is 48.9. The summed E-state index contributed by atoms with van der Waals surface area (Å²) in [6.45, 7) is 8.00. The van der Waals surface area contributed by atoms with Gasteiger partial charge in [-0.3, -0.25) is 24.6 Å². The Morgan fingerprint density at radius 1 is 0.956 bits per heavy atom. The number of piperidine rings is 1. The van der Waals surface area contributed by atoms with Gasteiger partial charge < -0.3 is 44.2 Å². The van der Waals surface area contributed by atoms with Crippen molar-refractivity contribution in [1.82, 2.24) is 25.4 Å². The highest BCUT2D eigenvalue weighted by Crippen LogP contribution is 2.68. The van der Waals surface area contributed by atoms with E-state index in [0.29, 0.717) is 87.5 Å². The molecular formula is C49H59Cl3N6O10. The average Bonchev–Trinajstić information content (AvgIpc) is 3.97. The number of anilines is 1. The highest BCUT2D eigenvalue weighted by molar-refractivity contribution is 6.76. The van der Waals surface area contributed by atoms with Gasteiger partial charge >= 0.3 is 23.9 Å². The summed E-state index contributed by atoms with van der Waals surface area (Å²) in [6, 6.07) is 9.69. The standard InChI is InChI=1S/C49H59Cl3N6O10/c1-8-44(55-43(63)54-40(60)49(50,51)52)23-28-24-47(41(61)66-6,36-30(15-19-57(25-28)26-44)29-13-10-11-14-33(29)53-36)32-21-31-34(22-35(32)65-5)56(4)38-46(31)17-20-58-18-12-16-45(9-2,37(46)58)39(68-27(3)59)48(38,64)42(62)67-7/h10-14,16,21-22,28,37-39,53,64H,8-9,15,17-20,23-26H2,1-7H3,(H2,54,55,60,63)/t28-,37-,38+,39+,44-,45+,46+,47-,48-/m0/s1. The van der Waals surface area contributed by atoms with Gasteiger partial charge in [0.1, 0.15) is 11.2 Å². The number of aromatic nitrogens is 1. The Bertz CT molecular complexity index is 2620.